The molecule has 3 atom stereocenters. The zero-order valence-electron chi connectivity index (χ0n) is 18.9. The molecule has 1 saturated heterocycles. The number of nitrogens with zero attached hydrogens (tertiary/aromatic N) is 1. The molecule has 0 radical (unpaired) electrons. The number of carboxylic acid groups (broad SMARTS) is 1. The van der Waals surface area contributed by atoms with Gasteiger partial charge >= 0.3 is 0 Å². The lowest BCUT2D eigenvalue weighted by atomic mass is 9.61. The molecular weight excluding hydrogens is 406 g/mol. The highest BCUT2D eigenvalue weighted by molar-refractivity contribution is 5.99. The fourth-order valence-electron chi connectivity index (χ4n) is 5.68. The topological polar surface area (TPSA) is 103 Å². The first kappa shape index (κ1) is 22.4. The van der Waals surface area contributed by atoms with Crippen LogP contribution in [0, 0.1) is 17.8 Å². The number of nitrogens with one attached hydrogen (secondary N) is 2. The molecule has 1 aromatic carbocycles. The molecule has 2 aromatic rings. The second kappa shape index (κ2) is 9.35. The maximum Gasteiger partial charge on any atom is 0.290 e. The van der Waals surface area contributed by atoms with Crippen LogP contribution in [-0.2, 0) is 22.4 Å². The van der Waals surface area contributed by atoms with Crippen molar-refractivity contribution in [1.29, 1.82) is 0 Å². The van der Waals surface area contributed by atoms with Gasteiger partial charge in [-0.05, 0) is 88.0 Å². The fraction of sp³-hybridized carbons (Fsp3) is 0.560. The molecule has 7 heteroatoms. The van der Waals surface area contributed by atoms with Crippen molar-refractivity contribution in [2.45, 2.75) is 58.4 Å². The number of hydrogen-bond donors (Lipinski definition) is 3. The molecule has 5 rings (SSSR count). The van der Waals surface area contributed by atoms with Gasteiger partial charge < -0.3 is 20.3 Å². The maximum absolute atomic E-state index is 13.3. The van der Waals surface area contributed by atoms with Gasteiger partial charge in [-0.1, -0.05) is 0 Å². The summed E-state index contributed by atoms with van der Waals surface area (Å²) in [4.78, 5) is 39.6. The molecule has 3 N–H and O–H groups in total. The lowest BCUT2D eigenvalue weighted by Gasteiger charge is -2.50. The molecule has 0 spiro atoms. The molecule has 2 amide bonds. The Kier molecular flexibility index (Phi) is 6.53. The number of piperidine rings is 1. The number of rotatable bonds is 3. The van der Waals surface area contributed by atoms with Gasteiger partial charge in [0.25, 0.3) is 12.4 Å². The molecule has 0 unspecified atom stereocenters. The van der Waals surface area contributed by atoms with Crippen molar-refractivity contribution < 1.29 is 19.5 Å². The van der Waals surface area contributed by atoms with Gasteiger partial charge in [-0.25, -0.2) is 0 Å². The number of benzene rings is 1. The van der Waals surface area contributed by atoms with Gasteiger partial charge in [0.2, 0.25) is 5.91 Å². The van der Waals surface area contributed by atoms with E-state index in [1.54, 1.807) is 0 Å². The Morgan fingerprint density at radius 1 is 1.25 bits per heavy atom. The van der Waals surface area contributed by atoms with Crippen molar-refractivity contribution in [2.24, 2.45) is 17.8 Å². The SMILES string of the molecule is CC(C)NC(=O)[C@@H]1C[C@H]2CCN(C(=O)c3ccc4[nH]c5c(c4c3)CCCC5)C[C@H]21.O=CO. The van der Waals surface area contributed by atoms with Gasteiger partial charge in [-0.15, -0.1) is 0 Å². The average Bonchev–Trinajstić information content (AvgIpc) is 3.12. The van der Waals surface area contributed by atoms with Crippen LogP contribution in [0.2, 0.25) is 0 Å². The maximum atomic E-state index is 13.3. The monoisotopic (exact) mass is 439 g/mol. The molecule has 2 heterocycles. The lowest BCUT2D eigenvalue weighted by Crippen LogP contribution is -2.56. The van der Waals surface area contributed by atoms with Crippen molar-refractivity contribution in [1.82, 2.24) is 15.2 Å². The summed E-state index contributed by atoms with van der Waals surface area (Å²) in [6.07, 6.45) is 6.69. The number of fused-ring (bicyclic) bond motifs is 4. The van der Waals surface area contributed by atoms with E-state index in [2.05, 4.69) is 22.4 Å². The smallest absolute Gasteiger partial charge is 0.290 e. The van der Waals surface area contributed by atoms with Crippen molar-refractivity contribution in [2.75, 3.05) is 13.1 Å². The van der Waals surface area contributed by atoms with Crippen molar-refractivity contribution in [3.63, 3.8) is 0 Å². The van der Waals surface area contributed by atoms with E-state index in [0.29, 0.717) is 18.4 Å². The number of aromatic nitrogens is 1. The summed E-state index contributed by atoms with van der Waals surface area (Å²) >= 11 is 0. The minimum absolute atomic E-state index is 0.0668. The summed E-state index contributed by atoms with van der Waals surface area (Å²) < 4.78 is 0. The van der Waals surface area contributed by atoms with Gasteiger partial charge in [0.15, 0.2) is 0 Å². The number of H-pyrrole nitrogens is 1. The first-order valence-electron chi connectivity index (χ1n) is 11.7. The van der Waals surface area contributed by atoms with Crippen LogP contribution in [0.3, 0.4) is 0 Å². The Labute approximate surface area is 188 Å². The van der Waals surface area contributed by atoms with E-state index in [9.17, 15) is 9.59 Å². The van der Waals surface area contributed by atoms with Crippen molar-refractivity contribution in [3.05, 3.63) is 35.0 Å². The predicted molar refractivity (Wildman–Crippen MR) is 123 cm³/mol. The van der Waals surface area contributed by atoms with Crippen molar-refractivity contribution in [3.8, 4) is 0 Å². The largest absolute Gasteiger partial charge is 0.483 e. The summed E-state index contributed by atoms with van der Waals surface area (Å²) in [5.41, 5.74) is 4.69. The lowest BCUT2D eigenvalue weighted by molar-refractivity contribution is -0.136. The van der Waals surface area contributed by atoms with E-state index in [0.717, 1.165) is 43.3 Å². The Morgan fingerprint density at radius 2 is 2.00 bits per heavy atom. The van der Waals surface area contributed by atoms with Gasteiger partial charge in [0.05, 0.1) is 0 Å². The molecule has 2 fully saturated rings. The van der Waals surface area contributed by atoms with Crippen LogP contribution in [0.1, 0.15) is 61.1 Å². The summed E-state index contributed by atoms with van der Waals surface area (Å²) in [5, 5.41) is 11.2. The van der Waals surface area contributed by atoms with Crippen LogP contribution in [-0.4, -0.2) is 52.4 Å². The number of aromatic amines is 1. The fourth-order valence-corrected chi connectivity index (χ4v) is 5.68. The zero-order chi connectivity index (χ0) is 22.8. The Morgan fingerprint density at radius 3 is 2.75 bits per heavy atom. The van der Waals surface area contributed by atoms with E-state index in [1.807, 2.05) is 24.8 Å². The van der Waals surface area contributed by atoms with Crippen LogP contribution in [0.4, 0.5) is 0 Å². The molecule has 3 aliphatic rings. The second-order valence-corrected chi connectivity index (χ2v) is 9.62. The van der Waals surface area contributed by atoms with E-state index < -0.39 is 0 Å². The average molecular weight is 440 g/mol. The second-order valence-electron chi connectivity index (χ2n) is 9.62. The number of carbonyl (C=O) groups is 3. The first-order chi connectivity index (χ1) is 15.4. The predicted octanol–water partition coefficient (Wildman–Crippen LogP) is 3.37. The zero-order valence-corrected chi connectivity index (χ0v) is 18.9. The summed E-state index contributed by atoms with van der Waals surface area (Å²) in [6, 6.07) is 6.29. The van der Waals surface area contributed by atoms with Crippen molar-refractivity contribution >= 4 is 29.2 Å². The molecule has 1 saturated carbocycles. The third-order valence-electron chi connectivity index (χ3n) is 7.28. The minimum atomic E-state index is -0.250. The molecule has 2 aliphatic carbocycles. The van der Waals surface area contributed by atoms with E-state index in [1.165, 1.54) is 29.5 Å². The Hall–Kier alpha value is -2.83. The van der Waals surface area contributed by atoms with Gasteiger partial charge in [0.1, 0.15) is 0 Å². The van der Waals surface area contributed by atoms with Gasteiger partial charge in [-0.2, -0.15) is 0 Å². The number of hydrogen-bond acceptors (Lipinski definition) is 3. The van der Waals surface area contributed by atoms with Crippen LogP contribution in [0.25, 0.3) is 10.9 Å². The van der Waals surface area contributed by atoms with Gasteiger partial charge in [0, 0.05) is 47.2 Å². The standard InChI is InChI=1S/C24H31N3O2.CH2O2/c1-14(2)25-23(28)19-11-15-9-10-27(13-20(15)19)24(29)16-7-8-22-18(12-16)17-5-3-4-6-21(17)26-22;2-1-3/h7-8,12,14-15,19-20,26H,3-6,9-11,13H2,1-2H3,(H,25,28);1H,(H,2,3)/t15-,19-,20-;/m1./s1. The normalized spacial score (nSPS) is 24.0. The highest BCUT2D eigenvalue weighted by Gasteiger charge is 2.48. The third kappa shape index (κ3) is 4.25. The summed E-state index contributed by atoms with van der Waals surface area (Å²) in [6.45, 7) is 5.27. The van der Waals surface area contributed by atoms with Crippen LogP contribution in [0.15, 0.2) is 18.2 Å². The number of aryl methyl sites for hydroxylation is 2. The third-order valence-corrected chi connectivity index (χ3v) is 7.28. The van der Waals surface area contributed by atoms with Crippen LogP contribution < -0.4 is 5.32 Å². The first-order valence-corrected chi connectivity index (χ1v) is 11.7. The summed E-state index contributed by atoms with van der Waals surface area (Å²) in [5.74, 6) is 1.26. The van der Waals surface area contributed by atoms with E-state index >= 15 is 0 Å². The highest BCUT2D eigenvalue weighted by Crippen LogP contribution is 2.46. The molecule has 1 aliphatic heterocycles. The molecule has 32 heavy (non-hydrogen) atoms. The van der Waals surface area contributed by atoms with Crippen LogP contribution in [0.5, 0.6) is 0 Å². The Bertz CT molecular complexity index is 1010. The highest BCUT2D eigenvalue weighted by atomic mass is 16.3. The van der Waals surface area contributed by atoms with Gasteiger partial charge in [-0.3, -0.25) is 14.4 Å². The number of amides is 2. The quantitative estimate of drug-likeness (QED) is 0.638. The van der Waals surface area contributed by atoms with E-state index in [-0.39, 0.29) is 30.2 Å². The minimum Gasteiger partial charge on any atom is -0.483 e. The Balaban J connectivity index is 0.000000775. The molecule has 7 nitrogen and oxygen atoms in total. The summed E-state index contributed by atoms with van der Waals surface area (Å²) in [7, 11) is 0. The van der Waals surface area contributed by atoms with E-state index in [4.69, 9.17) is 9.90 Å². The molecule has 0 bridgehead atoms. The number of carbonyl (C=O) groups excluding carboxylic acids is 2. The molecular formula is C25H33N3O4. The van der Waals surface area contributed by atoms with Crippen LogP contribution >= 0.6 is 0 Å². The number of likely N-dealkylation sites (tertiary alicyclic amines) is 1. The molecule has 172 valence electrons. The molecule has 1 aromatic heterocycles.